The van der Waals surface area contributed by atoms with E-state index in [4.69, 9.17) is 18.9 Å². The van der Waals surface area contributed by atoms with Crippen LogP contribution in [0.1, 0.15) is 142 Å². The zero-order valence-electron chi connectivity index (χ0n) is 41.0. The van der Waals surface area contributed by atoms with Crippen molar-refractivity contribution in [2.75, 3.05) is 19.8 Å². The summed E-state index contributed by atoms with van der Waals surface area (Å²) in [6.45, 7) is 2.51. The van der Waals surface area contributed by atoms with Gasteiger partial charge in [0.1, 0.15) is 48.8 Å². The first-order chi connectivity index (χ1) is 33.1. The summed E-state index contributed by atoms with van der Waals surface area (Å²) in [6, 6.07) is -0.839. The Morgan fingerprint density at radius 2 is 1.01 bits per heavy atom. The fraction of sp³-hybridized carbons (Fsp3) is 0.685. The molecular formula is C54H89NO13. The van der Waals surface area contributed by atoms with Crippen molar-refractivity contribution in [1.29, 1.82) is 0 Å². The van der Waals surface area contributed by atoms with Crippen LogP contribution in [-0.2, 0) is 23.7 Å². The molecule has 2 aliphatic heterocycles. The Bertz CT molecular complexity index is 1510. The molecule has 2 saturated heterocycles. The van der Waals surface area contributed by atoms with Gasteiger partial charge in [-0.05, 0) is 77.0 Å². The first-order valence-electron chi connectivity index (χ1n) is 25.5. The Balaban J connectivity index is 1.60. The summed E-state index contributed by atoms with van der Waals surface area (Å²) in [5, 5.41) is 86.0. The monoisotopic (exact) mass is 960 g/mol. The first-order valence-corrected chi connectivity index (χ1v) is 25.5. The van der Waals surface area contributed by atoms with Gasteiger partial charge >= 0.3 is 0 Å². The van der Waals surface area contributed by atoms with Crippen molar-refractivity contribution in [2.24, 2.45) is 0 Å². The summed E-state index contributed by atoms with van der Waals surface area (Å²) in [7, 11) is 0. The summed E-state index contributed by atoms with van der Waals surface area (Å²) >= 11 is 0. The molecule has 0 aromatic rings. The highest BCUT2D eigenvalue weighted by Crippen LogP contribution is 2.30. The molecule has 14 heteroatoms. The minimum Gasteiger partial charge on any atom is -0.394 e. The molecule has 14 nitrogen and oxygen atoms in total. The minimum absolute atomic E-state index is 0.240. The van der Waals surface area contributed by atoms with Crippen molar-refractivity contribution >= 4 is 5.91 Å². The van der Waals surface area contributed by atoms with Gasteiger partial charge in [-0.3, -0.25) is 4.79 Å². The molecule has 388 valence electrons. The number of aliphatic hydroxyl groups is 8. The second kappa shape index (κ2) is 39.6. The Hall–Kier alpha value is -3.09. The number of allylic oxidation sites excluding steroid dienone is 16. The zero-order valence-corrected chi connectivity index (χ0v) is 41.0. The molecule has 0 saturated carbocycles. The average molecular weight is 960 g/mol. The number of amides is 1. The molecule has 2 rings (SSSR count). The van der Waals surface area contributed by atoms with E-state index >= 15 is 0 Å². The third-order valence-corrected chi connectivity index (χ3v) is 11.8. The van der Waals surface area contributed by atoms with Gasteiger partial charge in [0.05, 0.1) is 32.0 Å². The van der Waals surface area contributed by atoms with E-state index in [0.29, 0.717) is 12.8 Å². The molecule has 0 aromatic heterocycles. The van der Waals surface area contributed by atoms with E-state index in [1.54, 1.807) is 0 Å². The molecule has 2 aliphatic rings. The lowest BCUT2D eigenvalue weighted by molar-refractivity contribution is -0.359. The number of rotatable bonds is 37. The summed E-state index contributed by atoms with van der Waals surface area (Å²) in [6.07, 6.45) is 36.7. The van der Waals surface area contributed by atoms with Crippen LogP contribution in [0.25, 0.3) is 0 Å². The van der Waals surface area contributed by atoms with Gasteiger partial charge in [0.15, 0.2) is 12.6 Å². The lowest BCUT2D eigenvalue weighted by atomic mass is 9.97. The average Bonchev–Trinajstić information content (AvgIpc) is 3.33. The van der Waals surface area contributed by atoms with Crippen LogP contribution in [0.5, 0.6) is 0 Å². The molecule has 0 aromatic carbocycles. The molecule has 2 fully saturated rings. The predicted molar refractivity (Wildman–Crippen MR) is 267 cm³/mol. The molecule has 0 bridgehead atoms. The molecule has 0 aliphatic carbocycles. The van der Waals surface area contributed by atoms with Crippen LogP contribution in [0.2, 0.25) is 0 Å². The Morgan fingerprint density at radius 3 is 1.53 bits per heavy atom. The van der Waals surface area contributed by atoms with Crippen LogP contribution in [0.3, 0.4) is 0 Å². The predicted octanol–water partition coefficient (Wildman–Crippen LogP) is 6.76. The number of unbranched alkanes of at least 4 members (excludes halogenated alkanes) is 8. The maximum Gasteiger partial charge on any atom is 0.220 e. The van der Waals surface area contributed by atoms with Crippen LogP contribution in [-0.4, -0.2) is 140 Å². The van der Waals surface area contributed by atoms with Gasteiger partial charge in [-0.2, -0.15) is 0 Å². The molecule has 0 radical (unpaired) electrons. The summed E-state index contributed by atoms with van der Waals surface area (Å²) in [4.78, 5) is 13.0. The lowest BCUT2D eigenvalue weighted by Crippen LogP contribution is -2.65. The largest absolute Gasteiger partial charge is 0.394 e. The quantitative estimate of drug-likeness (QED) is 0.0232. The number of ether oxygens (including phenoxy) is 4. The van der Waals surface area contributed by atoms with E-state index in [0.717, 1.165) is 109 Å². The van der Waals surface area contributed by atoms with E-state index in [1.807, 2.05) is 6.92 Å². The number of hydrogen-bond acceptors (Lipinski definition) is 13. The molecule has 1 amide bonds. The van der Waals surface area contributed by atoms with Crippen molar-refractivity contribution in [2.45, 2.75) is 216 Å². The molecular weight excluding hydrogens is 871 g/mol. The number of nitrogens with one attached hydrogen (secondary N) is 1. The summed E-state index contributed by atoms with van der Waals surface area (Å²) in [5.74, 6) is -0.240. The van der Waals surface area contributed by atoms with Gasteiger partial charge in [-0.1, -0.05) is 156 Å². The van der Waals surface area contributed by atoms with Gasteiger partial charge < -0.3 is 65.1 Å². The Kier molecular flexibility index (Phi) is 35.6. The smallest absolute Gasteiger partial charge is 0.220 e. The van der Waals surface area contributed by atoms with Crippen molar-refractivity contribution in [3.63, 3.8) is 0 Å². The fourth-order valence-corrected chi connectivity index (χ4v) is 7.66. The van der Waals surface area contributed by atoms with Crippen LogP contribution in [0.4, 0.5) is 0 Å². The van der Waals surface area contributed by atoms with Crippen molar-refractivity contribution in [3.8, 4) is 0 Å². The lowest BCUT2D eigenvalue weighted by Gasteiger charge is -2.46. The highest BCUT2D eigenvalue weighted by molar-refractivity contribution is 5.76. The Morgan fingerprint density at radius 1 is 0.544 bits per heavy atom. The topological polar surface area (TPSA) is 228 Å². The molecule has 2 heterocycles. The van der Waals surface area contributed by atoms with Crippen LogP contribution in [0, 0.1) is 0 Å². The number of carbonyl (C=O) groups is 1. The summed E-state index contributed by atoms with van der Waals surface area (Å²) < 4.78 is 22.5. The standard InChI is InChI=1S/C54H89NO13/c1-3-5-7-8-9-10-11-12-13-14-15-16-17-18-19-20-21-22-23-24-25-26-27-28-29-30-31-32-33-34-36-38-46(59)55-42(43(58)37-35-6-4-2)41-65-53-51(64)49(62)52(45(40-57)67-53)68-54-50(63)48(61)47(60)44(39-56)66-54/h5,7,9-10,12-13,15-16,18-19,21-22,24-25,27-28,42-45,47-54,56-58,60-64H,3-4,6,8,11,14,17,20,23,26,29-41H2,1-2H3,(H,55,59)/b7-5-,10-9-,13-12-,16-15-,19-18-,22-21-,25-24-,28-27-. The highest BCUT2D eigenvalue weighted by atomic mass is 16.7. The molecule has 0 spiro atoms. The Labute approximate surface area is 407 Å². The molecule has 68 heavy (non-hydrogen) atoms. The van der Waals surface area contributed by atoms with Crippen LogP contribution < -0.4 is 5.32 Å². The molecule has 12 atom stereocenters. The maximum absolute atomic E-state index is 13.0. The maximum atomic E-state index is 13.0. The van der Waals surface area contributed by atoms with Gasteiger partial charge in [-0.15, -0.1) is 0 Å². The molecule has 12 unspecified atom stereocenters. The van der Waals surface area contributed by atoms with Gasteiger partial charge in [0.2, 0.25) is 5.91 Å². The van der Waals surface area contributed by atoms with Crippen molar-refractivity contribution < 1.29 is 64.6 Å². The second-order valence-electron chi connectivity index (χ2n) is 17.6. The number of hydrogen-bond donors (Lipinski definition) is 9. The van der Waals surface area contributed by atoms with E-state index in [2.05, 4.69) is 109 Å². The third kappa shape index (κ3) is 26.2. The fourth-order valence-electron chi connectivity index (χ4n) is 7.66. The minimum atomic E-state index is -1.79. The van der Waals surface area contributed by atoms with Gasteiger partial charge in [0, 0.05) is 6.42 Å². The van der Waals surface area contributed by atoms with Gasteiger partial charge in [0.25, 0.3) is 0 Å². The third-order valence-electron chi connectivity index (χ3n) is 11.8. The SMILES string of the molecule is CC/C=C\C/C=C\C/C=C\C/C=C\C/C=C\C/C=C\C/C=C\C/C=C\CCCCCCCCC(=O)NC(COC1OC(CO)C(OC2OC(CO)C(O)C(O)C2O)C(O)C1O)C(O)CCCCC. The van der Waals surface area contributed by atoms with E-state index in [-0.39, 0.29) is 18.9 Å². The highest BCUT2D eigenvalue weighted by Gasteiger charge is 2.51. The van der Waals surface area contributed by atoms with Crippen LogP contribution in [0.15, 0.2) is 97.2 Å². The van der Waals surface area contributed by atoms with E-state index in [9.17, 15) is 45.6 Å². The van der Waals surface area contributed by atoms with Gasteiger partial charge in [-0.25, -0.2) is 0 Å². The van der Waals surface area contributed by atoms with Crippen molar-refractivity contribution in [3.05, 3.63) is 97.2 Å². The number of carbonyl (C=O) groups excluding carboxylic acids is 1. The van der Waals surface area contributed by atoms with Crippen LogP contribution >= 0.6 is 0 Å². The molecule has 9 N–H and O–H groups in total. The number of aliphatic hydroxyl groups excluding tert-OH is 8. The summed E-state index contributed by atoms with van der Waals surface area (Å²) in [5.41, 5.74) is 0. The second-order valence-corrected chi connectivity index (χ2v) is 17.6. The first kappa shape index (κ1) is 61.0. The van der Waals surface area contributed by atoms with Crippen molar-refractivity contribution in [1.82, 2.24) is 5.32 Å². The normalized spacial score (nSPS) is 27.2. The zero-order chi connectivity index (χ0) is 49.6. The van der Waals surface area contributed by atoms with E-state index < -0.39 is 86.8 Å². The van der Waals surface area contributed by atoms with E-state index in [1.165, 1.54) is 0 Å².